The number of esters is 4. The van der Waals surface area contributed by atoms with Gasteiger partial charge in [0, 0.05) is 66.3 Å². The summed E-state index contributed by atoms with van der Waals surface area (Å²) in [6, 6.07) is 101. The molecule has 12 aromatic carbocycles. The van der Waals surface area contributed by atoms with E-state index in [1.165, 1.54) is 58.7 Å². The molecule has 14 nitrogen and oxygen atoms in total. The van der Waals surface area contributed by atoms with E-state index < -0.39 is 17.9 Å². The van der Waals surface area contributed by atoms with Gasteiger partial charge in [-0.05, 0) is 241 Å². The average molecular weight is 1700 g/mol. The molecule has 3 aliphatic heterocycles. The van der Waals surface area contributed by atoms with Crippen LogP contribution in [-0.4, -0.2) is 84.3 Å². The van der Waals surface area contributed by atoms with E-state index in [0.29, 0.717) is 28.9 Å². The summed E-state index contributed by atoms with van der Waals surface area (Å²) >= 11 is 0. The maximum Gasteiger partial charge on any atom is 0.344 e. The average Bonchev–Trinajstić information content (AvgIpc) is 1.57. The molecule has 18 heteroatoms. The van der Waals surface area contributed by atoms with E-state index in [1.807, 2.05) is 104 Å². The fourth-order valence-corrected chi connectivity index (χ4v) is 27.2. The number of ether oxygens (including phenoxy) is 7. The maximum absolute atomic E-state index is 12.9. The first-order chi connectivity index (χ1) is 59.2. The van der Waals surface area contributed by atoms with E-state index in [1.54, 1.807) is 0 Å². The van der Waals surface area contributed by atoms with Gasteiger partial charge in [-0.2, -0.15) is 0 Å². The van der Waals surface area contributed by atoms with Crippen molar-refractivity contribution in [2.24, 2.45) is 35.5 Å². The van der Waals surface area contributed by atoms with Crippen LogP contribution in [0, 0.1) is 90.9 Å². The number of hydrogen-bond donors (Lipinski definition) is 2. The predicted molar refractivity (Wildman–Crippen MR) is 478 cm³/mol. The number of carboxylic acids is 1. The first-order valence-corrected chi connectivity index (χ1v) is 46.5. The van der Waals surface area contributed by atoms with Crippen LogP contribution in [0.25, 0.3) is 0 Å². The molecule has 0 spiro atoms. The van der Waals surface area contributed by atoms with Gasteiger partial charge >= 0.3 is 29.8 Å². The van der Waals surface area contributed by atoms with Gasteiger partial charge in [-0.25, -0.2) is 14.4 Å². The maximum atomic E-state index is 12.9. The van der Waals surface area contributed by atoms with Gasteiger partial charge in [0.05, 0.1) is 55.4 Å². The fourth-order valence-electron chi connectivity index (χ4n) is 18.2. The second-order valence-corrected chi connectivity index (χ2v) is 40.2. The van der Waals surface area contributed by atoms with Crippen molar-refractivity contribution in [2.75, 3.05) is 19.8 Å². The molecule has 7 fully saturated rings. The molecule has 122 heavy (non-hydrogen) atoms. The summed E-state index contributed by atoms with van der Waals surface area (Å²) in [7, 11) is -0.893. The summed E-state index contributed by atoms with van der Waals surface area (Å²) in [5.41, 5.74) is 7.69. The first kappa shape index (κ1) is 85.6. The minimum Gasteiger partial charge on any atom is -0.507 e. The first-order valence-electron chi connectivity index (χ1n) is 41.6. The largest absolute Gasteiger partial charge is 0.507 e. The Kier molecular flexibility index (Phi) is 27.5. The summed E-state index contributed by atoms with van der Waals surface area (Å²) in [5, 5.41) is 18.9. The standard InChI is InChI=1S/C32H33O5S.C30H29O5S.C22H20O3S.C20H18OS/c1-20-13-27(38(25-9-5-3-6-10-25)26-11-7-4-8-12-26)14-21(2)30(20)35-19-29(33)37-31-23-15-22-16-24(18-23)32(34)36-28(31)17-22;1-18-13-23(36(21-9-5-3-6-10-21)22-11-7-4-8-12-22)14-19(2)27(18)33-17-26(31)34-28-20-15-24-25(16-20)30(32)35-29(24)28;1-16-13-20(14-17(2)22(16)25-15-21(23)24)26(18-9-5-3-6-10-18)19-11-7-4-8-12-19;1-15-13-19(14-16(2)20(15)21)22(17-9-5-3-6-10-17)18-11-7-4-8-12-18/h3-14,22-24,28,31H,15-19H2,1-2H3;3-14,20,24-25,28-29H,15-17H2,1-2H3;3-14H,15H2,1-2H3;3-14H,1-2H3/q2*+1;;/p+2. The number of aliphatic carboxylic acids is 1. The lowest BCUT2D eigenvalue weighted by molar-refractivity contribution is -0.174. The number of carbonyl (C=O) groups is 5. The Morgan fingerprint density at radius 3 is 0.951 bits per heavy atom. The molecule has 19 rings (SSSR count). The molecule has 6 bridgehead atoms. The topological polar surface area (TPSA) is 190 Å². The molecular formula is C104H102O14S4+4. The van der Waals surface area contributed by atoms with Crippen LogP contribution >= 0.6 is 0 Å². The van der Waals surface area contributed by atoms with E-state index in [-0.39, 0.29) is 129 Å². The zero-order valence-corrected chi connectivity index (χ0v) is 73.0. The molecular weight excluding hydrogens is 1600 g/mol. The van der Waals surface area contributed by atoms with Gasteiger partial charge in [-0.3, -0.25) is 9.59 Å². The van der Waals surface area contributed by atoms with Crippen molar-refractivity contribution < 1.29 is 67.3 Å². The summed E-state index contributed by atoms with van der Waals surface area (Å²) in [6.45, 7) is 15.3. The predicted octanol–water partition coefficient (Wildman–Crippen LogP) is 21.3. The minimum absolute atomic E-state index is 0.00586. The van der Waals surface area contributed by atoms with Gasteiger partial charge in [0.2, 0.25) is 0 Å². The van der Waals surface area contributed by atoms with Gasteiger partial charge in [-0.15, -0.1) is 0 Å². The highest BCUT2D eigenvalue weighted by Gasteiger charge is 2.63. The van der Waals surface area contributed by atoms with E-state index in [4.69, 9.17) is 38.3 Å². The Hall–Kier alpha value is -11.4. The van der Waals surface area contributed by atoms with Crippen LogP contribution in [0.1, 0.15) is 83.0 Å². The van der Waals surface area contributed by atoms with Gasteiger partial charge in [-0.1, -0.05) is 146 Å². The molecule has 2 N–H and O–H groups in total. The Morgan fingerprint density at radius 1 is 0.336 bits per heavy atom. The molecule has 10 unspecified atom stereocenters. The van der Waals surface area contributed by atoms with Crippen molar-refractivity contribution in [3.8, 4) is 23.0 Å². The number of phenols is 1. The number of rotatable bonds is 23. The summed E-state index contributed by atoms with van der Waals surface area (Å²) < 4.78 is 40.4. The number of carbonyl (C=O) groups excluding carboxylic acids is 4. The van der Waals surface area contributed by atoms with Crippen molar-refractivity contribution in [2.45, 2.75) is 177 Å². The summed E-state index contributed by atoms with van der Waals surface area (Å²) in [5.74, 6) is 1.53. The van der Waals surface area contributed by atoms with Gasteiger partial charge < -0.3 is 43.4 Å². The molecule has 4 aliphatic carbocycles. The van der Waals surface area contributed by atoms with Crippen LogP contribution in [0.15, 0.2) is 350 Å². The van der Waals surface area contributed by atoms with E-state index in [9.17, 15) is 29.1 Å². The second-order valence-electron chi connectivity index (χ2n) is 32.1. The lowest BCUT2D eigenvalue weighted by Gasteiger charge is -2.41. The molecule has 0 aromatic heterocycles. The molecule has 0 amide bonds. The lowest BCUT2D eigenvalue weighted by Crippen LogP contribution is -2.45. The number of aromatic hydroxyl groups is 1. The second kappa shape index (κ2) is 39.2. The van der Waals surface area contributed by atoms with Crippen LogP contribution in [-0.2, 0) is 86.5 Å². The van der Waals surface area contributed by atoms with Crippen LogP contribution in [0.5, 0.6) is 23.0 Å². The van der Waals surface area contributed by atoms with Crippen LogP contribution < -0.4 is 14.2 Å². The minimum atomic E-state index is -0.971. The number of fused-ring (bicyclic) bond motifs is 2. The smallest absolute Gasteiger partial charge is 0.344 e. The number of phenolic OH excluding ortho intramolecular Hbond substituents is 1. The third kappa shape index (κ3) is 19.9. The third-order valence-electron chi connectivity index (χ3n) is 23.3. The molecule has 3 heterocycles. The zero-order valence-electron chi connectivity index (χ0n) is 69.8. The summed E-state index contributed by atoms with van der Waals surface area (Å²) in [6.07, 6.45) is 3.86. The normalized spacial score (nSPS) is 19.8. The van der Waals surface area contributed by atoms with Gasteiger partial charge in [0.1, 0.15) is 47.4 Å². The highest BCUT2D eigenvalue weighted by Crippen LogP contribution is 2.56. The van der Waals surface area contributed by atoms with Crippen molar-refractivity contribution in [3.63, 3.8) is 0 Å². The molecule has 4 saturated carbocycles. The highest BCUT2D eigenvalue weighted by molar-refractivity contribution is 7.98. The van der Waals surface area contributed by atoms with Gasteiger partial charge in [0.15, 0.2) is 78.6 Å². The molecule has 10 atom stereocenters. The van der Waals surface area contributed by atoms with Crippen LogP contribution in [0.3, 0.4) is 0 Å². The molecule has 7 aliphatic rings. The fraction of sp³-hybridized carbons (Fsp3) is 0.260. The Morgan fingerprint density at radius 2 is 0.631 bits per heavy atom. The van der Waals surface area contributed by atoms with Crippen molar-refractivity contribution >= 4 is 73.4 Å². The third-order valence-corrected chi connectivity index (χ3v) is 32.1. The Bertz CT molecular complexity index is 5410. The Labute approximate surface area is 726 Å². The number of carboxylic acid groups (broad SMARTS) is 1. The molecule has 0 radical (unpaired) electrons. The summed E-state index contributed by atoms with van der Waals surface area (Å²) in [4.78, 5) is 75.6. The SMILES string of the molecule is Cc1cc([S+](c2ccccc2)c2ccccc2)cc(C)c1O.Cc1cc([S+](c2ccccc2)c2ccccc2)cc(C)c1OCC(=O)O.Cc1cc([S+](c2ccccc2)c2ccccc2)cc(C)c1OCC(=O)OC1C2CC3C(=O)OC1C3C2.Cc1cc([S+](c2ccccc2)c2ccccc2)cc(C)c1OCC(=O)OC1C2CC3CC(C2)C(=O)OC1C3. The number of aryl methyl sites for hydroxylation is 8. The lowest BCUT2D eigenvalue weighted by atomic mass is 9.67. The van der Waals surface area contributed by atoms with E-state index in [0.717, 1.165) is 83.0 Å². The van der Waals surface area contributed by atoms with Crippen molar-refractivity contribution in [1.82, 2.24) is 0 Å². The molecule has 12 aromatic rings. The Balaban J connectivity index is 0.000000129. The van der Waals surface area contributed by atoms with Gasteiger partial charge in [0.25, 0.3) is 0 Å². The van der Waals surface area contributed by atoms with Crippen molar-refractivity contribution in [1.29, 1.82) is 0 Å². The molecule has 622 valence electrons. The monoisotopic (exact) mass is 1700 g/mol. The quantitative estimate of drug-likeness (QED) is 0.0349. The van der Waals surface area contributed by atoms with Crippen LogP contribution in [0.2, 0.25) is 0 Å². The highest BCUT2D eigenvalue weighted by atomic mass is 32.2. The number of benzene rings is 12. The zero-order chi connectivity index (χ0) is 85.1. The van der Waals surface area contributed by atoms with Crippen LogP contribution in [0.4, 0.5) is 0 Å². The van der Waals surface area contributed by atoms with Crippen molar-refractivity contribution in [3.05, 3.63) is 336 Å². The van der Waals surface area contributed by atoms with E-state index >= 15 is 0 Å². The van der Waals surface area contributed by atoms with E-state index in [2.05, 4.69) is 243 Å². The molecule has 3 saturated heterocycles. The number of hydrogen-bond acceptors (Lipinski definition) is 13.